The van der Waals surface area contributed by atoms with Crippen molar-refractivity contribution >= 4 is 35.8 Å². The zero-order valence-corrected chi connectivity index (χ0v) is 21.1. The first-order chi connectivity index (χ1) is 14.7. The summed E-state index contributed by atoms with van der Waals surface area (Å²) < 4.78 is 11.0. The molecule has 1 heterocycles. The Morgan fingerprint density at radius 1 is 1.19 bits per heavy atom. The number of ether oxygens (including phenoxy) is 2. The number of amides is 1. The van der Waals surface area contributed by atoms with E-state index < -0.39 is 0 Å². The molecule has 2 N–H and O–H groups in total. The molecule has 1 saturated carbocycles. The number of hydrogen-bond acceptors (Lipinski definition) is 4. The largest absolute Gasteiger partial charge is 0.497 e. The third-order valence-electron chi connectivity index (χ3n) is 5.81. The molecule has 1 saturated heterocycles. The number of nitrogens with one attached hydrogen (secondary N) is 2. The number of halogens is 1. The van der Waals surface area contributed by atoms with Crippen LogP contribution in [0.15, 0.2) is 29.3 Å². The molecular formula is C23H37IN4O3. The van der Waals surface area contributed by atoms with Crippen molar-refractivity contribution in [2.75, 3.05) is 39.9 Å². The number of rotatable bonds is 8. The van der Waals surface area contributed by atoms with Crippen molar-refractivity contribution in [3.05, 3.63) is 24.3 Å². The van der Waals surface area contributed by atoms with Crippen molar-refractivity contribution in [2.45, 2.75) is 51.5 Å². The molecule has 1 aliphatic heterocycles. The maximum Gasteiger partial charge on any atom is 0.225 e. The summed E-state index contributed by atoms with van der Waals surface area (Å²) in [5.74, 6) is 2.93. The second-order valence-corrected chi connectivity index (χ2v) is 8.04. The molecule has 1 amide bonds. The van der Waals surface area contributed by atoms with Crippen molar-refractivity contribution < 1.29 is 14.3 Å². The van der Waals surface area contributed by atoms with E-state index in [0.717, 1.165) is 56.4 Å². The number of hydrogen-bond donors (Lipinski definition) is 2. The van der Waals surface area contributed by atoms with Crippen LogP contribution >= 0.6 is 24.0 Å². The van der Waals surface area contributed by atoms with Gasteiger partial charge in [0.2, 0.25) is 5.91 Å². The molecule has 1 aromatic rings. The van der Waals surface area contributed by atoms with Crippen molar-refractivity contribution in [1.82, 2.24) is 15.5 Å². The summed E-state index contributed by atoms with van der Waals surface area (Å²) >= 11 is 0. The molecule has 2 aliphatic rings. The Morgan fingerprint density at radius 3 is 2.71 bits per heavy atom. The lowest BCUT2D eigenvalue weighted by molar-refractivity contribution is -0.135. The molecule has 0 spiro atoms. The van der Waals surface area contributed by atoms with Gasteiger partial charge in [0.1, 0.15) is 18.1 Å². The van der Waals surface area contributed by atoms with E-state index >= 15 is 0 Å². The van der Waals surface area contributed by atoms with Gasteiger partial charge in [0.05, 0.1) is 13.7 Å². The Bertz CT molecular complexity index is 710. The number of methoxy groups -OCH3 is 1. The molecule has 1 aliphatic carbocycles. The van der Waals surface area contributed by atoms with Crippen LogP contribution in [-0.4, -0.2) is 62.7 Å². The van der Waals surface area contributed by atoms with Crippen LogP contribution in [-0.2, 0) is 4.79 Å². The number of aliphatic imine (C=N–C) groups is 1. The summed E-state index contributed by atoms with van der Waals surface area (Å²) in [6.45, 7) is 5.48. The van der Waals surface area contributed by atoms with E-state index in [-0.39, 0.29) is 35.9 Å². The van der Waals surface area contributed by atoms with Gasteiger partial charge in [-0.2, -0.15) is 0 Å². The van der Waals surface area contributed by atoms with E-state index in [1.54, 1.807) is 7.11 Å². The highest BCUT2D eigenvalue weighted by atomic mass is 127. The van der Waals surface area contributed by atoms with Crippen LogP contribution in [0.1, 0.15) is 45.4 Å². The van der Waals surface area contributed by atoms with E-state index in [2.05, 4.69) is 22.5 Å². The molecule has 31 heavy (non-hydrogen) atoms. The van der Waals surface area contributed by atoms with Gasteiger partial charge in [-0.1, -0.05) is 25.3 Å². The van der Waals surface area contributed by atoms with Crippen LogP contribution in [0.5, 0.6) is 11.5 Å². The smallest absolute Gasteiger partial charge is 0.225 e. The molecule has 174 valence electrons. The highest BCUT2D eigenvalue weighted by Gasteiger charge is 2.31. The highest BCUT2D eigenvalue weighted by molar-refractivity contribution is 14.0. The molecule has 0 aromatic heterocycles. The Morgan fingerprint density at radius 2 is 1.97 bits per heavy atom. The van der Waals surface area contributed by atoms with Crippen LogP contribution in [0.3, 0.4) is 0 Å². The Balaban J connectivity index is 0.00000341. The second-order valence-electron chi connectivity index (χ2n) is 8.04. The minimum Gasteiger partial charge on any atom is -0.497 e. The summed E-state index contributed by atoms with van der Waals surface area (Å²) in [7, 11) is 1.64. The predicted molar refractivity (Wildman–Crippen MR) is 135 cm³/mol. The third kappa shape index (κ3) is 8.05. The Hall–Kier alpha value is -1.71. The first-order valence-corrected chi connectivity index (χ1v) is 11.3. The minimum atomic E-state index is 0. The molecule has 7 nitrogen and oxygen atoms in total. The van der Waals surface area contributed by atoms with Crippen molar-refractivity contribution in [2.24, 2.45) is 10.9 Å². The highest BCUT2D eigenvalue weighted by Crippen LogP contribution is 2.26. The fraction of sp³-hybridized carbons (Fsp3) is 0.652. The third-order valence-corrected chi connectivity index (χ3v) is 5.81. The molecule has 1 unspecified atom stereocenters. The maximum absolute atomic E-state index is 12.8. The van der Waals surface area contributed by atoms with E-state index in [1.165, 1.54) is 19.3 Å². The lowest BCUT2D eigenvalue weighted by atomic mass is 9.88. The molecule has 0 radical (unpaired) electrons. The molecule has 1 aromatic carbocycles. The number of nitrogens with zero attached hydrogens (tertiary/aromatic N) is 2. The minimum absolute atomic E-state index is 0. The molecule has 3 rings (SSSR count). The van der Waals surface area contributed by atoms with Crippen molar-refractivity contribution in [3.63, 3.8) is 0 Å². The molecular weight excluding hydrogens is 507 g/mol. The van der Waals surface area contributed by atoms with Gasteiger partial charge in [0, 0.05) is 37.7 Å². The summed E-state index contributed by atoms with van der Waals surface area (Å²) in [4.78, 5) is 19.4. The topological polar surface area (TPSA) is 75.2 Å². The van der Waals surface area contributed by atoms with Gasteiger partial charge in [-0.15, -0.1) is 24.0 Å². The zero-order valence-electron chi connectivity index (χ0n) is 18.8. The van der Waals surface area contributed by atoms with E-state index in [9.17, 15) is 4.79 Å². The van der Waals surface area contributed by atoms with Crippen LogP contribution in [0.4, 0.5) is 0 Å². The van der Waals surface area contributed by atoms with Gasteiger partial charge >= 0.3 is 0 Å². The van der Waals surface area contributed by atoms with E-state index in [1.807, 2.05) is 29.2 Å². The standard InChI is InChI=1S/C23H36N4O3.HI/c1-3-24-23(25-13-15-30-21-11-7-10-20(16-21)29-2)26-19-12-14-27(17-19)22(28)18-8-5-4-6-9-18;/h7,10-11,16,18-19H,3-6,8-9,12-15,17H2,1-2H3,(H2,24,25,26);1H. The second kappa shape index (κ2) is 13.6. The van der Waals surface area contributed by atoms with Crippen LogP contribution in [0, 0.1) is 5.92 Å². The van der Waals surface area contributed by atoms with Crippen molar-refractivity contribution in [1.29, 1.82) is 0 Å². The summed E-state index contributed by atoms with van der Waals surface area (Å²) in [5.41, 5.74) is 0. The normalized spacial score (nSPS) is 19.5. The first-order valence-electron chi connectivity index (χ1n) is 11.3. The van der Waals surface area contributed by atoms with E-state index in [4.69, 9.17) is 9.47 Å². The number of benzene rings is 1. The van der Waals surface area contributed by atoms with Crippen LogP contribution in [0.25, 0.3) is 0 Å². The van der Waals surface area contributed by atoms with Gasteiger partial charge in [0.25, 0.3) is 0 Å². The monoisotopic (exact) mass is 544 g/mol. The average molecular weight is 544 g/mol. The van der Waals surface area contributed by atoms with Gasteiger partial charge in [0.15, 0.2) is 5.96 Å². The Labute approximate surface area is 203 Å². The Kier molecular flexibility index (Phi) is 11.2. The quantitative estimate of drug-likeness (QED) is 0.227. The average Bonchev–Trinajstić information content (AvgIpc) is 3.25. The molecule has 8 heteroatoms. The van der Waals surface area contributed by atoms with Crippen LogP contribution < -0.4 is 20.1 Å². The first kappa shape index (κ1) is 25.5. The fourth-order valence-corrected chi connectivity index (χ4v) is 4.21. The molecule has 2 fully saturated rings. The number of carbonyl (C=O) groups excluding carboxylic acids is 1. The SMILES string of the molecule is CCNC(=NCCOc1cccc(OC)c1)NC1CCN(C(=O)C2CCCCC2)C1.I. The lowest BCUT2D eigenvalue weighted by Crippen LogP contribution is -2.45. The van der Waals surface area contributed by atoms with Crippen molar-refractivity contribution in [3.8, 4) is 11.5 Å². The predicted octanol–water partition coefficient (Wildman–Crippen LogP) is 3.43. The van der Waals surface area contributed by atoms with Gasteiger partial charge < -0.3 is 25.0 Å². The fourth-order valence-electron chi connectivity index (χ4n) is 4.21. The number of likely N-dealkylation sites (tertiary alicyclic amines) is 1. The molecule has 1 atom stereocenters. The lowest BCUT2D eigenvalue weighted by Gasteiger charge is -2.26. The van der Waals surface area contributed by atoms with Gasteiger partial charge in [-0.05, 0) is 38.3 Å². The van der Waals surface area contributed by atoms with Crippen LogP contribution in [0.2, 0.25) is 0 Å². The summed E-state index contributed by atoms with van der Waals surface area (Å²) in [6.07, 6.45) is 6.75. The maximum atomic E-state index is 12.8. The summed E-state index contributed by atoms with van der Waals surface area (Å²) in [6, 6.07) is 7.82. The zero-order chi connectivity index (χ0) is 21.2. The van der Waals surface area contributed by atoms with Gasteiger partial charge in [-0.3, -0.25) is 4.79 Å². The summed E-state index contributed by atoms with van der Waals surface area (Å²) in [5, 5.41) is 6.78. The van der Waals surface area contributed by atoms with Gasteiger partial charge in [-0.25, -0.2) is 4.99 Å². The van der Waals surface area contributed by atoms with E-state index in [0.29, 0.717) is 19.1 Å². The number of guanidine groups is 1. The molecule has 0 bridgehead atoms. The number of carbonyl (C=O) groups is 1.